The molecule has 8 nitrogen and oxygen atoms in total. The molecule has 0 radical (unpaired) electrons. The van der Waals surface area contributed by atoms with Gasteiger partial charge in [-0.15, -0.1) is 0 Å². The van der Waals surface area contributed by atoms with Crippen molar-refractivity contribution in [3.05, 3.63) is 95.1 Å². The van der Waals surface area contributed by atoms with E-state index in [1.165, 1.54) is 5.56 Å². The number of ether oxygens (including phenoxy) is 1. The lowest BCUT2D eigenvalue weighted by atomic mass is 9.93. The lowest BCUT2D eigenvalue weighted by Gasteiger charge is -2.32. The van der Waals surface area contributed by atoms with E-state index in [4.69, 9.17) is 4.74 Å². The van der Waals surface area contributed by atoms with Crippen LogP contribution in [0.1, 0.15) is 43.0 Å². The van der Waals surface area contributed by atoms with Gasteiger partial charge in [-0.25, -0.2) is 4.79 Å². The van der Waals surface area contributed by atoms with Crippen molar-refractivity contribution in [2.75, 3.05) is 33.2 Å². The largest absolute Gasteiger partial charge is 0.444 e. The van der Waals surface area contributed by atoms with Crippen LogP contribution in [0.3, 0.4) is 0 Å². The molecule has 8 heteroatoms. The Morgan fingerprint density at radius 3 is 1.95 bits per heavy atom. The Morgan fingerprint density at radius 1 is 0.886 bits per heavy atom. The number of nitrogens with one attached hydrogen (secondary N) is 2. The number of piperazine rings is 1. The molecule has 1 atom stereocenters. The highest BCUT2D eigenvalue weighted by atomic mass is 16.6. The molecule has 1 aliphatic heterocycles. The van der Waals surface area contributed by atoms with E-state index in [0.29, 0.717) is 19.3 Å². The summed E-state index contributed by atoms with van der Waals surface area (Å²) >= 11 is 0. The SMILES string of the molecule is CN1CCN(Cc2ccc(-c3ccc(C[C@@H](C#N)NC(=O)C4(NC(=O)OC(C)(C)C)Cc5ccccc5C4)cc3)cc2)CC1. The Bertz CT molecular complexity index is 1470. The van der Waals surface area contributed by atoms with Crippen molar-refractivity contribution < 1.29 is 14.3 Å². The molecule has 2 amide bonds. The third kappa shape index (κ3) is 7.85. The number of carbonyl (C=O) groups excluding carboxylic acids is 2. The maximum atomic E-state index is 13.8. The standard InChI is InChI=1S/C36H43N5O3/c1-35(2,3)44-34(43)39-36(22-30-7-5-6-8-31(30)23-36)33(42)38-32(24-37)21-26-9-13-28(14-10-26)29-15-11-27(12-16-29)25-41-19-17-40(4)18-20-41/h5-16,32H,17-23,25H2,1-4H3,(H,38,42)(H,39,43)/t32-/m0/s1. The molecule has 44 heavy (non-hydrogen) atoms. The van der Waals surface area contributed by atoms with Crippen LogP contribution < -0.4 is 10.6 Å². The van der Waals surface area contributed by atoms with E-state index >= 15 is 0 Å². The fraction of sp³-hybridized carbons (Fsp3) is 0.417. The highest BCUT2D eigenvalue weighted by Gasteiger charge is 2.46. The molecule has 0 aromatic heterocycles. The fourth-order valence-electron chi connectivity index (χ4n) is 5.98. The van der Waals surface area contributed by atoms with Crippen molar-refractivity contribution in [1.29, 1.82) is 5.26 Å². The van der Waals surface area contributed by atoms with Crippen molar-refractivity contribution in [2.24, 2.45) is 0 Å². The van der Waals surface area contributed by atoms with Gasteiger partial charge < -0.3 is 20.3 Å². The highest BCUT2D eigenvalue weighted by Crippen LogP contribution is 2.31. The van der Waals surface area contributed by atoms with E-state index in [1.807, 2.05) is 36.4 Å². The molecule has 230 valence electrons. The third-order valence-corrected chi connectivity index (χ3v) is 8.42. The van der Waals surface area contributed by atoms with Gasteiger partial charge >= 0.3 is 6.09 Å². The number of rotatable bonds is 8. The topological polar surface area (TPSA) is 97.7 Å². The van der Waals surface area contributed by atoms with E-state index in [-0.39, 0.29) is 5.91 Å². The second-order valence-corrected chi connectivity index (χ2v) is 13.2. The molecular weight excluding hydrogens is 550 g/mol. The summed E-state index contributed by atoms with van der Waals surface area (Å²) in [7, 11) is 2.17. The predicted octanol–water partition coefficient (Wildman–Crippen LogP) is 4.71. The monoisotopic (exact) mass is 593 g/mol. The summed E-state index contributed by atoms with van der Waals surface area (Å²) in [6.45, 7) is 10.7. The number of alkyl carbamates (subject to hydrolysis) is 1. The van der Waals surface area contributed by atoms with Crippen LogP contribution in [-0.2, 0) is 35.3 Å². The van der Waals surface area contributed by atoms with Crippen molar-refractivity contribution in [3.8, 4) is 17.2 Å². The number of likely N-dealkylation sites (N-methyl/N-ethyl adjacent to an activating group) is 1. The summed E-state index contributed by atoms with van der Waals surface area (Å²) in [5, 5.41) is 15.7. The molecule has 3 aromatic carbocycles. The van der Waals surface area contributed by atoms with Crippen LogP contribution in [0.25, 0.3) is 11.1 Å². The van der Waals surface area contributed by atoms with Crippen LogP contribution in [0, 0.1) is 11.3 Å². The molecule has 2 aliphatic rings. The summed E-state index contributed by atoms with van der Waals surface area (Å²) in [5.74, 6) is -0.389. The van der Waals surface area contributed by atoms with Crippen LogP contribution >= 0.6 is 0 Å². The van der Waals surface area contributed by atoms with Crippen LogP contribution in [0.2, 0.25) is 0 Å². The Hall–Kier alpha value is -4.19. The summed E-state index contributed by atoms with van der Waals surface area (Å²) < 4.78 is 5.49. The van der Waals surface area contributed by atoms with Crippen molar-refractivity contribution in [2.45, 2.75) is 63.8 Å². The third-order valence-electron chi connectivity index (χ3n) is 8.42. The van der Waals surface area contributed by atoms with Gasteiger partial charge in [0.05, 0.1) is 6.07 Å². The van der Waals surface area contributed by atoms with Gasteiger partial charge in [0.15, 0.2) is 0 Å². The van der Waals surface area contributed by atoms with E-state index in [9.17, 15) is 14.9 Å². The first-order chi connectivity index (χ1) is 21.0. The number of carbonyl (C=O) groups is 2. The average molecular weight is 594 g/mol. The minimum absolute atomic E-state index is 0.329. The van der Waals surface area contributed by atoms with Gasteiger partial charge in [0.2, 0.25) is 5.91 Å². The molecule has 0 unspecified atom stereocenters. The quantitative estimate of drug-likeness (QED) is 0.393. The van der Waals surface area contributed by atoms with Crippen molar-refractivity contribution in [1.82, 2.24) is 20.4 Å². The number of nitrogens with zero attached hydrogens (tertiary/aromatic N) is 3. The fourth-order valence-corrected chi connectivity index (χ4v) is 5.98. The zero-order valence-electron chi connectivity index (χ0n) is 26.2. The number of benzene rings is 3. The summed E-state index contributed by atoms with van der Waals surface area (Å²) in [6.07, 6.45) is 0.351. The first kappa shape index (κ1) is 31.2. The van der Waals surface area contributed by atoms with Gasteiger partial charge in [-0.05, 0) is 61.2 Å². The minimum atomic E-state index is -1.23. The zero-order chi connectivity index (χ0) is 31.3. The van der Waals surface area contributed by atoms with Crippen LogP contribution in [-0.4, -0.2) is 72.2 Å². The molecule has 1 aliphatic carbocycles. The summed E-state index contributed by atoms with van der Waals surface area (Å²) in [6, 6.07) is 26.1. The number of hydrogen-bond acceptors (Lipinski definition) is 6. The van der Waals surface area contributed by atoms with E-state index < -0.39 is 23.3 Å². The number of amides is 2. The lowest BCUT2D eigenvalue weighted by molar-refractivity contribution is -0.127. The summed E-state index contributed by atoms with van der Waals surface area (Å²) in [4.78, 5) is 31.4. The first-order valence-electron chi connectivity index (χ1n) is 15.4. The van der Waals surface area contributed by atoms with Crippen molar-refractivity contribution in [3.63, 3.8) is 0 Å². The number of hydrogen-bond donors (Lipinski definition) is 2. The number of nitriles is 1. The molecule has 5 rings (SSSR count). The first-order valence-corrected chi connectivity index (χ1v) is 15.4. The zero-order valence-corrected chi connectivity index (χ0v) is 26.2. The molecule has 0 bridgehead atoms. The average Bonchev–Trinajstić information content (AvgIpc) is 3.37. The van der Waals surface area contributed by atoms with Gasteiger partial charge in [-0.1, -0.05) is 72.8 Å². The Kier molecular flexibility index (Phi) is 9.38. The molecule has 1 heterocycles. The maximum Gasteiger partial charge on any atom is 0.408 e. The highest BCUT2D eigenvalue weighted by molar-refractivity contribution is 5.92. The van der Waals surface area contributed by atoms with E-state index in [1.54, 1.807) is 20.8 Å². The van der Waals surface area contributed by atoms with Crippen LogP contribution in [0.15, 0.2) is 72.8 Å². The van der Waals surface area contributed by atoms with Gasteiger partial charge in [-0.2, -0.15) is 5.26 Å². The smallest absolute Gasteiger partial charge is 0.408 e. The Labute approximate surface area is 261 Å². The van der Waals surface area contributed by atoms with Gasteiger partial charge in [0.25, 0.3) is 0 Å². The molecule has 3 aromatic rings. The molecule has 0 spiro atoms. The molecular formula is C36H43N5O3. The normalized spacial score (nSPS) is 17.2. The van der Waals surface area contributed by atoms with Crippen LogP contribution in [0.5, 0.6) is 0 Å². The predicted molar refractivity (Wildman–Crippen MR) is 172 cm³/mol. The second-order valence-electron chi connectivity index (χ2n) is 13.2. The van der Waals surface area contributed by atoms with Gasteiger partial charge in [-0.3, -0.25) is 9.69 Å². The second kappa shape index (κ2) is 13.2. The lowest BCUT2D eigenvalue weighted by Crippen LogP contribution is -2.61. The van der Waals surface area contributed by atoms with Gasteiger partial charge in [0.1, 0.15) is 17.2 Å². The maximum absolute atomic E-state index is 13.8. The molecule has 1 saturated heterocycles. The van der Waals surface area contributed by atoms with Gasteiger partial charge in [0, 0.05) is 52.0 Å². The summed E-state index contributed by atoms with van der Waals surface area (Å²) in [5.41, 5.74) is 4.54. The van der Waals surface area contributed by atoms with E-state index in [0.717, 1.165) is 60.5 Å². The Morgan fingerprint density at radius 2 is 1.43 bits per heavy atom. The number of fused-ring (bicyclic) bond motifs is 1. The van der Waals surface area contributed by atoms with E-state index in [2.05, 4.69) is 69.9 Å². The Balaban J connectivity index is 1.22. The van der Waals surface area contributed by atoms with Crippen LogP contribution in [0.4, 0.5) is 4.79 Å². The molecule has 0 saturated carbocycles. The molecule has 1 fully saturated rings. The minimum Gasteiger partial charge on any atom is -0.444 e. The van der Waals surface area contributed by atoms with Crippen molar-refractivity contribution >= 4 is 12.0 Å². The molecule has 2 N–H and O–H groups in total.